The first kappa shape index (κ1) is 19.0. The van der Waals surface area contributed by atoms with Crippen molar-refractivity contribution in [3.63, 3.8) is 0 Å². The molecule has 3 aromatic rings. The highest BCUT2D eigenvalue weighted by Crippen LogP contribution is 2.17. The molecule has 0 fully saturated rings. The van der Waals surface area contributed by atoms with Gasteiger partial charge in [-0.05, 0) is 30.3 Å². The lowest BCUT2D eigenvalue weighted by atomic mass is 10.1. The van der Waals surface area contributed by atoms with Crippen LogP contribution < -0.4 is 10.3 Å². The molecule has 0 bridgehead atoms. The number of benzene rings is 2. The number of esters is 2. The lowest BCUT2D eigenvalue weighted by Crippen LogP contribution is -2.15. The molecular formula is C19H15FN2O6. The summed E-state index contributed by atoms with van der Waals surface area (Å²) in [5.74, 6) is -2.00. The number of ether oxygens (including phenoxy) is 3. The molecular weight excluding hydrogens is 371 g/mol. The van der Waals surface area contributed by atoms with Crippen molar-refractivity contribution < 1.29 is 28.2 Å². The Morgan fingerprint density at radius 3 is 2.57 bits per heavy atom. The van der Waals surface area contributed by atoms with Gasteiger partial charge in [0, 0.05) is 6.07 Å². The average Bonchev–Trinajstić information content (AvgIpc) is 2.70. The maximum absolute atomic E-state index is 13.9. The summed E-state index contributed by atoms with van der Waals surface area (Å²) >= 11 is 0. The molecule has 0 amide bonds. The van der Waals surface area contributed by atoms with Gasteiger partial charge >= 0.3 is 11.9 Å². The van der Waals surface area contributed by atoms with Gasteiger partial charge in [0.05, 0.1) is 36.2 Å². The van der Waals surface area contributed by atoms with Crippen LogP contribution in [0.3, 0.4) is 0 Å². The van der Waals surface area contributed by atoms with Crippen LogP contribution in [0.2, 0.25) is 0 Å². The van der Waals surface area contributed by atoms with E-state index in [1.165, 1.54) is 44.6 Å². The first-order valence-electron chi connectivity index (χ1n) is 8.05. The molecule has 2 aromatic carbocycles. The molecule has 0 spiro atoms. The van der Waals surface area contributed by atoms with Crippen molar-refractivity contribution in [1.29, 1.82) is 0 Å². The molecule has 0 saturated heterocycles. The van der Waals surface area contributed by atoms with E-state index in [9.17, 15) is 18.8 Å². The zero-order valence-corrected chi connectivity index (χ0v) is 14.9. The van der Waals surface area contributed by atoms with Gasteiger partial charge in [-0.15, -0.1) is 0 Å². The Kier molecular flexibility index (Phi) is 5.35. The summed E-state index contributed by atoms with van der Waals surface area (Å²) in [5, 5.41) is 0.254. The fourth-order valence-electron chi connectivity index (χ4n) is 2.50. The number of fused-ring (bicyclic) bond motifs is 1. The van der Waals surface area contributed by atoms with E-state index in [0.717, 1.165) is 6.07 Å². The molecule has 1 aromatic heterocycles. The molecule has 144 valence electrons. The topological polar surface area (TPSA) is 108 Å². The maximum Gasteiger partial charge on any atom is 0.341 e. The summed E-state index contributed by atoms with van der Waals surface area (Å²) in [5.41, 5.74) is -0.301. The van der Waals surface area contributed by atoms with E-state index in [4.69, 9.17) is 9.47 Å². The molecule has 3 rings (SSSR count). The smallest absolute Gasteiger partial charge is 0.341 e. The number of halogens is 1. The number of nitrogens with zero attached hydrogens (tertiary/aromatic N) is 1. The fourth-order valence-corrected chi connectivity index (χ4v) is 2.50. The van der Waals surface area contributed by atoms with Gasteiger partial charge in [0.2, 0.25) is 0 Å². The monoisotopic (exact) mass is 386 g/mol. The van der Waals surface area contributed by atoms with E-state index in [1.54, 1.807) is 0 Å². The normalized spacial score (nSPS) is 10.5. The van der Waals surface area contributed by atoms with Gasteiger partial charge in [-0.3, -0.25) is 4.79 Å². The highest BCUT2D eigenvalue weighted by molar-refractivity contribution is 5.94. The number of aromatic nitrogens is 2. The molecule has 0 unspecified atom stereocenters. The zero-order chi connectivity index (χ0) is 20.3. The number of rotatable bonds is 5. The molecule has 28 heavy (non-hydrogen) atoms. The first-order valence-corrected chi connectivity index (χ1v) is 8.05. The van der Waals surface area contributed by atoms with Crippen LogP contribution in [0.4, 0.5) is 4.39 Å². The van der Waals surface area contributed by atoms with E-state index in [-0.39, 0.29) is 33.6 Å². The third-order valence-electron chi connectivity index (χ3n) is 3.91. The summed E-state index contributed by atoms with van der Waals surface area (Å²) in [6.45, 7) is -0.391. The summed E-state index contributed by atoms with van der Waals surface area (Å²) in [4.78, 5) is 42.5. The summed E-state index contributed by atoms with van der Waals surface area (Å²) in [7, 11) is 2.61. The lowest BCUT2D eigenvalue weighted by Gasteiger charge is -2.08. The van der Waals surface area contributed by atoms with E-state index >= 15 is 0 Å². The summed E-state index contributed by atoms with van der Waals surface area (Å²) in [6, 6.07) is 7.99. The second-order valence-electron chi connectivity index (χ2n) is 5.66. The molecule has 8 nitrogen and oxygen atoms in total. The Morgan fingerprint density at radius 1 is 1.11 bits per heavy atom. The molecule has 0 aliphatic carbocycles. The van der Waals surface area contributed by atoms with Gasteiger partial charge < -0.3 is 19.2 Å². The number of carbonyl (C=O) groups excluding carboxylic acids is 2. The number of nitrogens with one attached hydrogen (secondary N) is 1. The minimum atomic E-state index is -0.925. The Hall–Kier alpha value is -3.75. The second-order valence-corrected chi connectivity index (χ2v) is 5.66. The molecule has 1 heterocycles. The van der Waals surface area contributed by atoms with Crippen LogP contribution in [-0.2, 0) is 16.1 Å². The molecule has 0 saturated carbocycles. The van der Waals surface area contributed by atoms with Crippen LogP contribution in [0.15, 0.2) is 41.2 Å². The highest BCUT2D eigenvalue weighted by Gasteiger charge is 2.15. The van der Waals surface area contributed by atoms with E-state index in [2.05, 4.69) is 14.7 Å². The SMILES string of the molecule is COC(=O)c1ccc2c(=O)[nH]c(COC(=O)c3ccc(OC)cc3F)nc2c1. The van der Waals surface area contributed by atoms with Gasteiger partial charge in [-0.1, -0.05) is 0 Å². The minimum Gasteiger partial charge on any atom is -0.497 e. The van der Waals surface area contributed by atoms with Gasteiger partial charge in [-0.25, -0.2) is 19.0 Å². The Labute approximate surface area is 157 Å². The van der Waals surface area contributed by atoms with Crippen molar-refractivity contribution in [3.8, 4) is 5.75 Å². The van der Waals surface area contributed by atoms with Crippen LogP contribution in [0.25, 0.3) is 10.9 Å². The lowest BCUT2D eigenvalue weighted by molar-refractivity contribution is 0.0456. The summed E-state index contributed by atoms with van der Waals surface area (Å²) in [6.07, 6.45) is 0. The number of aromatic amines is 1. The Bertz CT molecular complexity index is 1130. The molecule has 0 atom stereocenters. The quantitative estimate of drug-likeness (QED) is 0.670. The summed E-state index contributed by atoms with van der Waals surface area (Å²) < 4.78 is 28.5. The number of methoxy groups -OCH3 is 2. The minimum absolute atomic E-state index is 0.0433. The van der Waals surface area contributed by atoms with Crippen LogP contribution >= 0.6 is 0 Å². The molecule has 1 N–H and O–H groups in total. The number of H-pyrrole nitrogens is 1. The predicted molar refractivity (Wildman–Crippen MR) is 95.8 cm³/mol. The van der Waals surface area contributed by atoms with Crippen LogP contribution in [-0.4, -0.2) is 36.1 Å². The largest absolute Gasteiger partial charge is 0.497 e. The highest BCUT2D eigenvalue weighted by atomic mass is 19.1. The zero-order valence-electron chi connectivity index (χ0n) is 14.9. The third-order valence-corrected chi connectivity index (χ3v) is 3.91. The van der Waals surface area contributed by atoms with E-state index in [0.29, 0.717) is 0 Å². The number of hydrogen-bond acceptors (Lipinski definition) is 7. The average molecular weight is 386 g/mol. The van der Waals surface area contributed by atoms with E-state index < -0.39 is 29.9 Å². The van der Waals surface area contributed by atoms with E-state index in [1.807, 2.05) is 0 Å². The van der Waals surface area contributed by atoms with Crippen LogP contribution in [0, 0.1) is 5.82 Å². The van der Waals surface area contributed by atoms with Crippen molar-refractivity contribution in [1.82, 2.24) is 9.97 Å². The van der Waals surface area contributed by atoms with Crippen molar-refractivity contribution in [2.45, 2.75) is 6.61 Å². The van der Waals surface area contributed by atoms with Gasteiger partial charge in [-0.2, -0.15) is 0 Å². The first-order chi connectivity index (χ1) is 13.4. The molecule has 9 heteroatoms. The van der Waals surface area contributed by atoms with Crippen LogP contribution in [0.1, 0.15) is 26.5 Å². The van der Waals surface area contributed by atoms with Crippen molar-refractivity contribution in [3.05, 3.63) is 69.5 Å². The number of carbonyl (C=O) groups is 2. The fraction of sp³-hybridized carbons (Fsp3) is 0.158. The van der Waals surface area contributed by atoms with Gasteiger partial charge in [0.15, 0.2) is 0 Å². The molecule has 0 aliphatic rings. The molecule has 0 aliphatic heterocycles. The molecule has 0 radical (unpaired) electrons. The standard InChI is InChI=1S/C19H15FN2O6/c1-26-11-4-6-12(14(20)8-11)19(25)28-9-16-21-15-7-10(18(24)27-2)3-5-13(15)17(23)22-16/h3-8H,9H2,1-2H3,(H,21,22,23). The third kappa shape index (κ3) is 3.83. The van der Waals surface area contributed by atoms with Crippen molar-refractivity contribution in [2.24, 2.45) is 0 Å². The van der Waals surface area contributed by atoms with Crippen molar-refractivity contribution >= 4 is 22.8 Å². The van der Waals surface area contributed by atoms with Gasteiger partial charge in [0.1, 0.15) is 24.0 Å². The maximum atomic E-state index is 13.9. The van der Waals surface area contributed by atoms with Crippen molar-refractivity contribution in [2.75, 3.05) is 14.2 Å². The number of hydrogen-bond donors (Lipinski definition) is 1. The Morgan fingerprint density at radius 2 is 1.89 bits per heavy atom. The second kappa shape index (κ2) is 7.87. The van der Waals surface area contributed by atoms with Crippen LogP contribution in [0.5, 0.6) is 5.75 Å². The van der Waals surface area contributed by atoms with Gasteiger partial charge in [0.25, 0.3) is 5.56 Å². The predicted octanol–water partition coefficient (Wildman–Crippen LogP) is 2.21. The Balaban J connectivity index is 1.83.